The molecule has 1 aliphatic rings. The number of nitrogens with one attached hydrogen (secondary N) is 2. The molecule has 4 aromatic rings. The molecule has 6 nitrogen and oxygen atoms in total. The van der Waals surface area contributed by atoms with Crippen LogP contribution < -0.4 is 14.8 Å². The van der Waals surface area contributed by atoms with Crippen LogP contribution >= 0.6 is 11.3 Å². The van der Waals surface area contributed by atoms with Crippen LogP contribution in [0.15, 0.2) is 48.0 Å². The fraction of sp³-hybridized carbons (Fsp3) is 0.0588. The van der Waals surface area contributed by atoms with Crippen LogP contribution in [0, 0.1) is 0 Å². The first-order valence-electron chi connectivity index (χ1n) is 7.41. The fourth-order valence-electron chi connectivity index (χ4n) is 2.71. The Morgan fingerprint density at radius 3 is 3.08 bits per heavy atom. The maximum Gasteiger partial charge on any atom is 0.231 e. The van der Waals surface area contributed by atoms with Crippen LogP contribution in [0.3, 0.4) is 0 Å². The van der Waals surface area contributed by atoms with Gasteiger partial charge < -0.3 is 14.8 Å². The molecule has 0 spiro atoms. The molecule has 0 amide bonds. The molecule has 0 atom stereocenters. The largest absolute Gasteiger partial charge is 0.454 e. The molecule has 0 bridgehead atoms. The van der Waals surface area contributed by atoms with Gasteiger partial charge >= 0.3 is 0 Å². The van der Waals surface area contributed by atoms with E-state index in [1.807, 2.05) is 48.0 Å². The van der Waals surface area contributed by atoms with Gasteiger partial charge in [-0.1, -0.05) is 6.07 Å². The van der Waals surface area contributed by atoms with E-state index < -0.39 is 0 Å². The van der Waals surface area contributed by atoms with Crippen molar-refractivity contribution in [2.24, 2.45) is 0 Å². The molecule has 0 aliphatic carbocycles. The minimum absolute atomic E-state index is 0.275. The summed E-state index contributed by atoms with van der Waals surface area (Å²) in [6, 6.07) is 11.8. The number of anilines is 2. The zero-order valence-corrected chi connectivity index (χ0v) is 13.3. The molecule has 0 saturated heterocycles. The summed E-state index contributed by atoms with van der Waals surface area (Å²) in [5, 5.41) is 14.3. The first-order valence-corrected chi connectivity index (χ1v) is 8.29. The third-order valence-corrected chi connectivity index (χ3v) is 4.66. The van der Waals surface area contributed by atoms with E-state index in [1.54, 1.807) is 11.3 Å². The zero-order valence-electron chi connectivity index (χ0n) is 12.4. The second-order valence-corrected chi connectivity index (χ2v) is 6.23. The predicted octanol–water partition coefficient (Wildman–Crippen LogP) is 4.16. The molecule has 0 radical (unpaired) electrons. The summed E-state index contributed by atoms with van der Waals surface area (Å²) in [6.07, 6.45) is 1.81. The smallest absolute Gasteiger partial charge is 0.231 e. The van der Waals surface area contributed by atoms with Gasteiger partial charge in [0.25, 0.3) is 0 Å². The van der Waals surface area contributed by atoms with E-state index in [0.717, 1.165) is 44.5 Å². The Hall–Kier alpha value is -3.06. The third kappa shape index (κ3) is 2.17. The Kier molecular flexibility index (Phi) is 2.92. The normalized spacial score (nSPS) is 12.7. The average Bonchev–Trinajstić information content (AvgIpc) is 3.34. The average molecular weight is 336 g/mol. The van der Waals surface area contributed by atoms with E-state index >= 15 is 0 Å². The van der Waals surface area contributed by atoms with Crippen molar-refractivity contribution in [3.8, 4) is 22.8 Å². The van der Waals surface area contributed by atoms with Crippen LogP contribution in [-0.4, -0.2) is 22.0 Å². The standard InChI is InChI=1S/C17H12N4O2S/c1-2-12(11-7-18-21-13(11)3-1)19-17-20-14(8-24-17)10-4-5-15-16(6-10)23-9-22-15/h1-8H,9H2,(H,18,21)(H,19,20). The lowest BCUT2D eigenvalue weighted by molar-refractivity contribution is 0.174. The van der Waals surface area contributed by atoms with Crippen molar-refractivity contribution in [1.29, 1.82) is 0 Å². The van der Waals surface area contributed by atoms with Crippen LogP contribution in [0.4, 0.5) is 10.8 Å². The van der Waals surface area contributed by atoms with E-state index in [-0.39, 0.29) is 6.79 Å². The number of hydrogen-bond acceptors (Lipinski definition) is 6. The Balaban J connectivity index is 1.46. The lowest BCUT2D eigenvalue weighted by Crippen LogP contribution is -1.92. The lowest BCUT2D eigenvalue weighted by Gasteiger charge is -2.03. The number of H-pyrrole nitrogens is 1. The number of nitrogens with zero attached hydrogens (tertiary/aromatic N) is 2. The molecule has 3 heterocycles. The van der Waals surface area contributed by atoms with Crippen molar-refractivity contribution >= 4 is 33.1 Å². The van der Waals surface area contributed by atoms with Gasteiger partial charge in [0.2, 0.25) is 6.79 Å². The molecular weight excluding hydrogens is 324 g/mol. The molecule has 118 valence electrons. The first kappa shape index (κ1) is 13.4. The molecule has 7 heteroatoms. The Labute approximate surface area is 141 Å². The Morgan fingerprint density at radius 2 is 2.08 bits per heavy atom. The molecule has 0 unspecified atom stereocenters. The molecule has 2 N–H and O–H groups in total. The topological polar surface area (TPSA) is 72.1 Å². The second kappa shape index (κ2) is 5.24. The van der Waals surface area contributed by atoms with E-state index in [0.29, 0.717) is 0 Å². The number of aromatic nitrogens is 3. The van der Waals surface area contributed by atoms with Crippen molar-refractivity contribution in [3.63, 3.8) is 0 Å². The van der Waals surface area contributed by atoms with Gasteiger partial charge in [-0.15, -0.1) is 11.3 Å². The minimum Gasteiger partial charge on any atom is -0.454 e. The highest BCUT2D eigenvalue weighted by atomic mass is 32.1. The van der Waals surface area contributed by atoms with Crippen molar-refractivity contribution in [2.45, 2.75) is 0 Å². The quantitative estimate of drug-likeness (QED) is 0.588. The highest BCUT2D eigenvalue weighted by Gasteiger charge is 2.15. The van der Waals surface area contributed by atoms with Crippen LogP contribution in [0.2, 0.25) is 0 Å². The summed E-state index contributed by atoms with van der Waals surface area (Å²) in [5.41, 5.74) is 3.88. The van der Waals surface area contributed by atoms with Crippen molar-refractivity contribution < 1.29 is 9.47 Å². The summed E-state index contributed by atoms with van der Waals surface area (Å²) in [6.45, 7) is 0.275. The number of rotatable bonds is 3. The zero-order chi connectivity index (χ0) is 15.9. The number of benzene rings is 2. The molecule has 1 aliphatic heterocycles. The Morgan fingerprint density at radius 1 is 1.12 bits per heavy atom. The highest BCUT2D eigenvalue weighted by molar-refractivity contribution is 7.14. The van der Waals surface area contributed by atoms with Gasteiger partial charge in [0.15, 0.2) is 16.6 Å². The second-order valence-electron chi connectivity index (χ2n) is 5.37. The summed E-state index contributed by atoms with van der Waals surface area (Å²) in [7, 11) is 0. The first-order chi connectivity index (χ1) is 11.9. The van der Waals surface area contributed by atoms with Crippen LogP contribution in [-0.2, 0) is 0 Å². The van der Waals surface area contributed by atoms with Gasteiger partial charge in [0.1, 0.15) is 0 Å². The van der Waals surface area contributed by atoms with Crippen molar-refractivity contribution in [2.75, 3.05) is 12.1 Å². The SMILES string of the molecule is c1cc(Nc2nc(-c3ccc4c(c3)OCO4)cs2)c2cn[nH]c2c1. The van der Waals surface area contributed by atoms with Gasteiger partial charge in [-0.3, -0.25) is 5.10 Å². The maximum absolute atomic E-state index is 5.43. The van der Waals surface area contributed by atoms with Gasteiger partial charge in [-0.25, -0.2) is 4.98 Å². The Bertz CT molecular complexity index is 1040. The molecule has 0 saturated carbocycles. The number of thiazole rings is 1. The van der Waals surface area contributed by atoms with Crippen molar-refractivity contribution in [3.05, 3.63) is 48.0 Å². The molecule has 5 rings (SSSR count). The summed E-state index contributed by atoms with van der Waals surface area (Å²) in [5.74, 6) is 1.54. The fourth-order valence-corrected chi connectivity index (χ4v) is 3.44. The van der Waals surface area contributed by atoms with E-state index in [9.17, 15) is 0 Å². The number of ether oxygens (including phenoxy) is 2. The van der Waals surface area contributed by atoms with Gasteiger partial charge in [0.05, 0.1) is 23.1 Å². The van der Waals surface area contributed by atoms with E-state index in [2.05, 4.69) is 20.5 Å². The highest BCUT2D eigenvalue weighted by Crippen LogP contribution is 2.37. The van der Waals surface area contributed by atoms with E-state index in [4.69, 9.17) is 9.47 Å². The van der Waals surface area contributed by atoms with Gasteiger partial charge in [0, 0.05) is 16.3 Å². The number of fused-ring (bicyclic) bond motifs is 2. The summed E-state index contributed by atoms with van der Waals surface area (Å²) in [4.78, 5) is 4.67. The van der Waals surface area contributed by atoms with Crippen LogP contribution in [0.5, 0.6) is 11.5 Å². The number of hydrogen-bond donors (Lipinski definition) is 2. The lowest BCUT2D eigenvalue weighted by atomic mass is 10.1. The minimum atomic E-state index is 0.275. The maximum atomic E-state index is 5.43. The molecule has 2 aromatic heterocycles. The third-order valence-electron chi connectivity index (χ3n) is 3.90. The van der Waals surface area contributed by atoms with Crippen LogP contribution in [0.25, 0.3) is 22.2 Å². The van der Waals surface area contributed by atoms with Gasteiger partial charge in [-0.05, 0) is 30.3 Å². The summed E-state index contributed by atoms with van der Waals surface area (Å²) < 4.78 is 10.8. The molecule has 2 aromatic carbocycles. The van der Waals surface area contributed by atoms with E-state index in [1.165, 1.54) is 0 Å². The monoisotopic (exact) mass is 336 g/mol. The van der Waals surface area contributed by atoms with Crippen LogP contribution in [0.1, 0.15) is 0 Å². The molecule has 24 heavy (non-hydrogen) atoms. The molecular formula is C17H12N4O2S. The number of aromatic amines is 1. The van der Waals surface area contributed by atoms with Gasteiger partial charge in [-0.2, -0.15) is 5.10 Å². The summed E-state index contributed by atoms with van der Waals surface area (Å²) >= 11 is 1.56. The van der Waals surface area contributed by atoms with Crippen molar-refractivity contribution in [1.82, 2.24) is 15.2 Å². The predicted molar refractivity (Wildman–Crippen MR) is 93.0 cm³/mol. The molecule has 0 fully saturated rings.